The lowest BCUT2D eigenvalue weighted by Gasteiger charge is -2.19. The third-order valence-electron chi connectivity index (χ3n) is 20.8. The van der Waals surface area contributed by atoms with Crippen LogP contribution in [0.25, 0.3) is 66.4 Å². The van der Waals surface area contributed by atoms with Gasteiger partial charge in [-0.15, -0.1) is 0 Å². The van der Waals surface area contributed by atoms with E-state index in [1.54, 1.807) is 114 Å². The first-order chi connectivity index (χ1) is 58.9. The molecule has 0 amide bonds. The summed E-state index contributed by atoms with van der Waals surface area (Å²) in [5.74, 6) is -0.775. The molecule has 0 aliphatic carbocycles. The first-order valence-electron chi connectivity index (χ1n) is 40.5. The number of pyridine rings is 4. The Bertz CT molecular complexity index is 7190. The Morgan fingerprint density at radius 3 is 1.11 bits per heavy atom. The Hall–Kier alpha value is -12.0. The number of methoxy groups -OCH3 is 1. The van der Waals surface area contributed by atoms with Crippen LogP contribution in [0.2, 0.25) is 0 Å². The fraction of sp³-hybridized carbons (Fsp3) is 0.258. The highest BCUT2D eigenvalue weighted by atomic mass is 79.9. The second-order valence-electron chi connectivity index (χ2n) is 34.2. The van der Waals surface area contributed by atoms with Crippen molar-refractivity contribution in [1.82, 2.24) is 59.1 Å². The molecule has 16 rings (SSSR count). The third-order valence-corrected chi connectivity index (χ3v) is 28.1. The first kappa shape index (κ1) is 90.8. The second-order valence-corrected chi connectivity index (χ2v) is 43.0. The number of aromatic nitrogens is 12. The normalized spacial score (nSPS) is 12.3. The number of hydrogen-bond donors (Lipinski definition) is 0. The van der Waals surface area contributed by atoms with E-state index in [0.717, 1.165) is 111 Å². The predicted octanol–water partition coefficient (Wildman–Crippen LogP) is 20.7. The zero-order chi connectivity index (χ0) is 90.0. The molecular weight excluding hydrogens is 1720 g/mol. The molecule has 28 heteroatoms. The van der Waals surface area contributed by atoms with Crippen LogP contribution in [0.4, 0.5) is 4.39 Å². The fourth-order valence-electron chi connectivity index (χ4n) is 14.6. The molecule has 0 bridgehead atoms. The zero-order valence-corrected chi connectivity index (χ0v) is 77.7. The summed E-state index contributed by atoms with van der Waals surface area (Å²) in [6.45, 7) is 31.9. The second kappa shape index (κ2) is 36.3. The summed E-state index contributed by atoms with van der Waals surface area (Å²) in [6, 6.07) is 64.8. The number of ether oxygens (including phenoxy) is 2. The summed E-state index contributed by atoms with van der Waals surface area (Å²) in [7, 11) is -12.9. The van der Waals surface area contributed by atoms with Crippen LogP contribution in [-0.4, -0.2) is 106 Å². The third kappa shape index (κ3) is 20.9. The highest BCUT2D eigenvalue weighted by Crippen LogP contribution is 2.37. The van der Waals surface area contributed by atoms with E-state index in [4.69, 9.17) is 9.47 Å². The minimum Gasteiger partial charge on any atom is -0.494 e. The van der Waals surface area contributed by atoms with Crippen molar-refractivity contribution >= 4 is 98.9 Å². The van der Waals surface area contributed by atoms with Gasteiger partial charge in [0.1, 0.15) is 11.3 Å². The molecule has 8 heterocycles. The summed E-state index contributed by atoms with van der Waals surface area (Å²) in [5.41, 5.74) is 15.8. The minimum absolute atomic E-state index is 0.0260. The smallest absolute Gasteiger partial charge is 0.184 e. The molecule has 8 aromatic carbocycles. The lowest BCUT2D eigenvalue weighted by Crippen LogP contribution is -2.13. The SMILES string of the molecule is COc1ccc(-n2nc(C)cc2CS(=O)(=O)c2ccc(C(C)(C)C)cc2)c2cccnc12.Cc1cc(-n2nc(C)cc2CS(=O)(=O)c2ccc(C(C)(C)C)cc2)c2cccnc2c1.Cc1cc(CS(=O)(=O)c2ccc(C(C)(C)C)cc2)n(-c2ccc(Br)c3ncccc23)n1.Cc1cc(CS(=O)(=O)c2ccc(OC(C)C)c(F)c2)n(-c2cccc3ncccc23)n1. The number of halogens is 2. The van der Waals surface area contributed by atoms with Crippen LogP contribution in [0.1, 0.15) is 144 Å². The van der Waals surface area contributed by atoms with Crippen molar-refractivity contribution < 1.29 is 47.5 Å². The van der Waals surface area contributed by atoms with Gasteiger partial charge < -0.3 is 9.47 Å². The number of hydrogen-bond acceptors (Lipinski definition) is 18. The van der Waals surface area contributed by atoms with Crippen molar-refractivity contribution in [2.24, 2.45) is 0 Å². The van der Waals surface area contributed by atoms with Crippen molar-refractivity contribution in [3.63, 3.8) is 0 Å². The van der Waals surface area contributed by atoms with Crippen LogP contribution in [-0.2, 0) is 78.6 Å². The van der Waals surface area contributed by atoms with Gasteiger partial charge in [0, 0.05) is 50.8 Å². The van der Waals surface area contributed by atoms with Crippen molar-refractivity contribution in [3.8, 4) is 34.2 Å². The van der Waals surface area contributed by atoms with E-state index in [9.17, 15) is 38.1 Å². The van der Waals surface area contributed by atoms with Gasteiger partial charge in [-0.25, -0.2) is 56.8 Å². The van der Waals surface area contributed by atoms with Gasteiger partial charge in [0.05, 0.1) is 141 Å². The summed E-state index contributed by atoms with van der Waals surface area (Å²) in [5, 5.41) is 21.8. The zero-order valence-electron chi connectivity index (χ0n) is 72.8. The number of nitrogens with zero attached hydrogens (tertiary/aromatic N) is 12. The van der Waals surface area contributed by atoms with Gasteiger partial charge in [-0.05, 0) is 279 Å². The highest BCUT2D eigenvalue weighted by Gasteiger charge is 2.29. The van der Waals surface area contributed by atoms with Crippen molar-refractivity contribution in [2.75, 3.05) is 7.11 Å². The minimum atomic E-state index is -3.82. The molecule has 646 valence electrons. The fourth-order valence-corrected chi connectivity index (χ4v) is 20.3. The molecule has 0 saturated carbocycles. The summed E-state index contributed by atoms with van der Waals surface area (Å²) < 4.78 is 138. The van der Waals surface area contributed by atoms with Crippen LogP contribution in [0.3, 0.4) is 0 Å². The molecule has 8 aromatic heterocycles. The summed E-state index contributed by atoms with van der Waals surface area (Å²) in [4.78, 5) is 18.5. The van der Waals surface area contributed by atoms with E-state index >= 15 is 0 Å². The lowest BCUT2D eigenvalue weighted by atomic mass is 9.87. The Morgan fingerprint density at radius 2 is 0.704 bits per heavy atom. The molecule has 125 heavy (non-hydrogen) atoms. The maximum atomic E-state index is 14.4. The number of benzene rings is 8. The molecule has 16 aromatic rings. The van der Waals surface area contributed by atoms with Crippen molar-refractivity contribution in [1.29, 1.82) is 0 Å². The Labute approximate surface area is 738 Å². The quantitative estimate of drug-likeness (QED) is 0.0727. The number of rotatable bonds is 19. The average Bonchev–Trinajstić information content (AvgIpc) is 1.69. The van der Waals surface area contributed by atoms with Gasteiger partial charge in [-0.1, -0.05) is 105 Å². The molecule has 0 aliphatic rings. The molecule has 22 nitrogen and oxygen atoms in total. The van der Waals surface area contributed by atoms with Gasteiger partial charge in [-0.3, -0.25) is 19.9 Å². The van der Waals surface area contributed by atoms with E-state index in [1.807, 2.05) is 185 Å². The molecular formula is C97H100BrFN12O10S4. The molecule has 0 saturated heterocycles. The van der Waals surface area contributed by atoms with Gasteiger partial charge in [0.2, 0.25) is 0 Å². The molecule has 0 fully saturated rings. The molecule has 0 spiro atoms. The van der Waals surface area contributed by atoms with E-state index < -0.39 is 45.2 Å². The van der Waals surface area contributed by atoms with E-state index in [2.05, 4.69) is 119 Å². The Morgan fingerprint density at radius 1 is 0.360 bits per heavy atom. The van der Waals surface area contributed by atoms with Crippen LogP contribution >= 0.6 is 15.9 Å². The Kier molecular flexibility index (Phi) is 26.4. The predicted molar refractivity (Wildman–Crippen MR) is 495 cm³/mol. The van der Waals surface area contributed by atoms with E-state index in [-0.39, 0.29) is 56.0 Å². The average molecular weight is 1820 g/mol. The van der Waals surface area contributed by atoms with E-state index in [1.165, 1.54) is 12.1 Å². The van der Waals surface area contributed by atoms with Crippen LogP contribution in [0.5, 0.6) is 11.5 Å². The largest absolute Gasteiger partial charge is 0.494 e. The van der Waals surface area contributed by atoms with Crippen LogP contribution in [0, 0.1) is 40.4 Å². The number of sulfone groups is 4. The summed E-state index contributed by atoms with van der Waals surface area (Å²) in [6.07, 6.45) is 6.68. The topological polar surface area (TPSA) is 278 Å². The highest BCUT2D eigenvalue weighted by molar-refractivity contribution is 9.10. The van der Waals surface area contributed by atoms with Crippen molar-refractivity contribution in [3.05, 3.63) is 321 Å². The number of fused-ring (bicyclic) bond motifs is 4. The lowest BCUT2D eigenvalue weighted by molar-refractivity contribution is 0.231. The number of aryl methyl sites for hydroxylation is 5. The Balaban J connectivity index is 0.000000143. The summed E-state index contributed by atoms with van der Waals surface area (Å²) >= 11 is 3.54. The van der Waals surface area contributed by atoms with Crippen molar-refractivity contribution in [2.45, 2.75) is 176 Å². The maximum Gasteiger partial charge on any atom is 0.184 e. The van der Waals surface area contributed by atoms with E-state index in [0.29, 0.717) is 54.4 Å². The first-order valence-corrected chi connectivity index (χ1v) is 47.9. The molecule has 0 radical (unpaired) electrons. The molecule has 0 unspecified atom stereocenters. The molecule has 0 N–H and O–H groups in total. The maximum absolute atomic E-state index is 14.4. The van der Waals surface area contributed by atoms with Gasteiger partial charge >= 0.3 is 0 Å². The standard InChI is InChI=1S/C25H27N3O3S.C25H27N3O2S.C24H24BrN3O2S.C23H22FN3O3S/c1-17-15-19(16-32(29,30)20-10-8-18(9-11-20)25(2,3)4)28(27-17)22-12-13-23(31-5)24-21(22)7-6-14-26-24;1-17-13-23-22(7-6-12-26-23)24(14-17)28-20(15-18(2)27-28)16-31(29,30)21-10-8-19(9-11-21)25(3,4)5;1-16-14-18(15-31(29,30)19-9-7-17(8-10-19)24(2,3)4)28(27-16)22-12-11-21(25)23-20(22)6-5-13-26-23;1-15(2)30-23-10-9-18(13-20(23)24)31(28,29)14-17-12-16(3)26-27(17)22-8-4-7-21-19(22)6-5-11-25-21/h6-15H,16H2,1-5H3;6-15H,16H2,1-5H3;5-14H,15H2,1-4H3;4-13,15H,14H2,1-3H3. The van der Waals surface area contributed by atoms with Gasteiger partial charge in [-0.2, -0.15) is 20.4 Å². The molecule has 0 atom stereocenters. The van der Waals surface area contributed by atoms with Crippen LogP contribution in [0.15, 0.2) is 267 Å². The van der Waals surface area contributed by atoms with Gasteiger partial charge in [0.15, 0.2) is 50.9 Å². The van der Waals surface area contributed by atoms with Crippen LogP contribution < -0.4 is 9.47 Å². The van der Waals surface area contributed by atoms with Gasteiger partial charge in [0.25, 0.3) is 0 Å². The monoisotopic (exact) mass is 1820 g/mol. The molecule has 0 aliphatic heterocycles.